The van der Waals surface area contributed by atoms with Crippen molar-refractivity contribution >= 4 is 28.3 Å². The average Bonchev–Trinajstić information content (AvgIpc) is 1.96. The molecule has 0 heterocycles. The highest BCUT2D eigenvalue weighted by molar-refractivity contribution is 9.10. The molecule has 1 atom stereocenters. The fourth-order valence-corrected chi connectivity index (χ4v) is 1.67. The molecule has 0 aliphatic heterocycles. The van der Waals surface area contributed by atoms with Crippen LogP contribution >= 0.6 is 28.3 Å². The summed E-state index contributed by atoms with van der Waals surface area (Å²) in [5.74, 6) is -0.201. The second-order valence-corrected chi connectivity index (χ2v) is 3.83. The molecule has 0 unspecified atom stereocenters. The summed E-state index contributed by atoms with van der Waals surface area (Å²) in [7, 11) is 0. The number of nitrogens with two attached hydrogens (primary N) is 1. The minimum absolute atomic E-state index is 0. The van der Waals surface area contributed by atoms with Crippen molar-refractivity contribution in [2.75, 3.05) is 0 Å². The number of halogens is 3. The monoisotopic (exact) mass is 267 g/mol. The van der Waals surface area contributed by atoms with Crippen molar-refractivity contribution in [2.24, 2.45) is 5.73 Å². The standard InChI is InChI=1S/C9H11BrFN.ClH/c1-5-3-7(10)4-8(6(2)12)9(5)11;/h3-4,6H,12H2,1-2H3;1H/t6-;/m0./s1. The molecule has 0 aromatic heterocycles. The van der Waals surface area contributed by atoms with E-state index in [1.807, 2.05) is 0 Å². The van der Waals surface area contributed by atoms with Gasteiger partial charge in [0.25, 0.3) is 0 Å². The molecule has 1 rings (SSSR count). The first-order chi connectivity index (χ1) is 5.52. The first kappa shape index (κ1) is 12.9. The molecule has 1 aromatic carbocycles. The average molecular weight is 269 g/mol. The van der Waals surface area contributed by atoms with Gasteiger partial charge in [-0.05, 0) is 31.5 Å². The lowest BCUT2D eigenvalue weighted by molar-refractivity contribution is 0.585. The molecule has 0 aliphatic carbocycles. The molecule has 0 saturated heterocycles. The Hall–Kier alpha value is -0.120. The van der Waals surface area contributed by atoms with Gasteiger partial charge in [0.15, 0.2) is 0 Å². The van der Waals surface area contributed by atoms with E-state index in [2.05, 4.69) is 15.9 Å². The van der Waals surface area contributed by atoms with Gasteiger partial charge in [-0.1, -0.05) is 15.9 Å². The van der Waals surface area contributed by atoms with Crippen LogP contribution in [-0.4, -0.2) is 0 Å². The lowest BCUT2D eigenvalue weighted by Crippen LogP contribution is -2.08. The maximum absolute atomic E-state index is 13.3. The van der Waals surface area contributed by atoms with Crippen LogP contribution in [0.3, 0.4) is 0 Å². The molecule has 4 heteroatoms. The smallest absolute Gasteiger partial charge is 0.130 e. The van der Waals surface area contributed by atoms with Gasteiger partial charge in [-0.15, -0.1) is 12.4 Å². The van der Waals surface area contributed by atoms with Crippen LogP contribution in [0, 0.1) is 12.7 Å². The Balaban J connectivity index is 0.00000144. The van der Waals surface area contributed by atoms with Crippen molar-refractivity contribution in [2.45, 2.75) is 19.9 Å². The largest absolute Gasteiger partial charge is 0.324 e. The predicted octanol–water partition coefficient (Wildman–Crippen LogP) is 3.34. The Morgan fingerprint density at radius 3 is 2.46 bits per heavy atom. The Labute approximate surface area is 92.1 Å². The van der Waals surface area contributed by atoms with E-state index in [1.165, 1.54) is 0 Å². The van der Waals surface area contributed by atoms with Gasteiger partial charge in [-0.25, -0.2) is 4.39 Å². The third-order valence-electron chi connectivity index (χ3n) is 1.74. The van der Waals surface area contributed by atoms with Gasteiger partial charge in [0.05, 0.1) is 0 Å². The summed E-state index contributed by atoms with van der Waals surface area (Å²) in [5.41, 5.74) is 6.77. The van der Waals surface area contributed by atoms with Crippen LogP contribution in [0.15, 0.2) is 16.6 Å². The summed E-state index contributed by atoms with van der Waals surface area (Å²) in [5, 5.41) is 0. The fourth-order valence-electron chi connectivity index (χ4n) is 1.08. The molecular weight excluding hydrogens is 256 g/mol. The molecule has 1 aromatic rings. The summed E-state index contributed by atoms with van der Waals surface area (Å²) < 4.78 is 14.2. The Morgan fingerprint density at radius 2 is 2.00 bits per heavy atom. The van der Waals surface area contributed by atoms with Crippen LogP contribution < -0.4 is 5.73 Å². The van der Waals surface area contributed by atoms with Gasteiger partial charge >= 0.3 is 0 Å². The first-order valence-corrected chi connectivity index (χ1v) is 4.53. The van der Waals surface area contributed by atoms with E-state index in [-0.39, 0.29) is 24.3 Å². The summed E-state index contributed by atoms with van der Waals surface area (Å²) in [4.78, 5) is 0. The predicted molar refractivity (Wildman–Crippen MR) is 58.7 cm³/mol. The first-order valence-electron chi connectivity index (χ1n) is 3.73. The third-order valence-corrected chi connectivity index (χ3v) is 2.20. The quantitative estimate of drug-likeness (QED) is 0.830. The molecule has 2 N–H and O–H groups in total. The van der Waals surface area contributed by atoms with E-state index < -0.39 is 0 Å². The van der Waals surface area contributed by atoms with Crippen molar-refractivity contribution in [1.29, 1.82) is 0 Å². The SMILES string of the molecule is Cc1cc(Br)cc([C@H](C)N)c1F.Cl. The Bertz CT molecular complexity index is 302. The lowest BCUT2D eigenvalue weighted by Gasteiger charge is -2.09. The Kier molecular flexibility index (Phi) is 4.89. The highest BCUT2D eigenvalue weighted by Gasteiger charge is 2.09. The van der Waals surface area contributed by atoms with Gasteiger partial charge in [-0.3, -0.25) is 0 Å². The minimum atomic E-state index is -0.263. The van der Waals surface area contributed by atoms with E-state index in [1.54, 1.807) is 26.0 Å². The summed E-state index contributed by atoms with van der Waals surface area (Å²) in [6.45, 7) is 3.50. The topological polar surface area (TPSA) is 26.0 Å². The molecule has 0 bridgehead atoms. The number of hydrogen-bond donors (Lipinski definition) is 1. The molecule has 0 spiro atoms. The van der Waals surface area contributed by atoms with Crippen molar-refractivity contribution in [1.82, 2.24) is 0 Å². The van der Waals surface area contributed by atoms with E-state index >= 15 is 0 Å². The normalized spacial score (nSPS) is 12.1. The molecule has 74 valence electrons. The number of rotatable bonds is 1. The summed E-state index contributed by atoms with van der Waals surface area (Å²) in [6, 6.07) is 3.19. The highest BCUT2D eigenvalue weighted by atomic mass is 79.9. The van der Waals surface area contributed by atoms with Gasteiger partial charge in [0, 0.05) is 16.1 Å². The zero-order chi connectivity index (χ0) is 9.30. The van der Waals surface area contributed by atoms with Crippen LogP contribution in [-0.2, 0) is 0 Å². The van der Waals surface area contributed by atoms with Crippen molar-refractivity contribution in [3.05, 3.63) is 33.5 Å². The molecule has 0 amide bonds. The molecule has 0 saturated carbocycles. The van der Waals surface area contributed by atoms with Gasteiger partial charge in [0.2, 0.25) is 0 Å². The van der Waals surface area contributed by atoms with Crippen molar-refractivity contribution < 1.29 is 4.39 Å². The Morgan fingerprint density at radius 1 is 1.46 bits per heavy atom. The van der Waals surface area contributed by atoms with E-state index in [4.69, 9.17) is 5.73 Å². The van der Waals surface area contributed by atoms with E-state index in [0.29, 0.717) is 11.1 Å². The molecule has 0 fully saturated rings. The van der Waals surface area contributed by atoms with Gasteiger partial charge in [0.1, 0.15) is 5.82 Å². The summed E-state index contributed by atoms with van der Waals surface area (Å²) >= 11 is 3.29. The van der Waals surface area contributed by atoms with Crippen LogP contribution in [0.2, 0.25) is 0 Å². The minimum Gasteiger partial charge on any atom is -0.324 e. The zero-order valence-corrected chi connectivity index (χ0v) is 9.88. The zero-order valence-electron chi connectivity index (χ0n) is 7.47. The van der Waals surface area contributed by atoms with Crippen LogP contribution in [0.4, 0.5) is 4.39 Å². The summed E-state index contributed by atoms with van der Waals surface area (Å²) in [6.07, 6.45) is 0. The van der Waals surface area contributed by atoms with Crippen molar-refractivity contribution in [3.63, 3.8) is 0 Å². The van der Waals surface area contributed by atoms with E-state index in [0.717, 1.165) is 4.47 Å². The molecule has 1 nitrogen and oxygen atoms in total. The molecular formula is C9H12BrClFN. The number of benzene rings is 1. The maximum Gasteiger partial charge on any atom is 0.130 e. The van der Waals surface area contributed by atoms with Crippen LogP contribution in [0.5, 0.6) is 0 Å². The lowest BCUT2D eigenvalue weighted by atomic mass is 10.1. The number of aryl methyl sites for hydroxylation is 1. The highest BCUT2D eigenvalue weighted by Crippen LogP contribution is 2.23. The second kappa shape index (κ2) is 4.94. The van der Waals surface area contributed by atoms with Gasteiger partial charge in [-0.2, -0.15) is 0 Å². The van der Waals surface area contributed by atoms with E-state index in [9.17, 15) is 4.39 Å². The second-order valence-electron chi connectivity index (χ2n) is 2.91. The molecule has 0 radical (unpaired) electrons. The molecule has 0 aliphatic rings. The maximum atomic E-state index is 13.3. The molecule has 13 heavy (non-hydrogen) atoms. The van der Waals surface area contributed by atoms with Crippen molar-refractivity contribution in [3.8, 4) is 0 Å². The van der Waals surface area contributed by atoms with Crippen LogP contribution in [0.1, 0.15) is 24.1 Å². The third kappa shape index (κ3) is 2.93. The number of hydrogen-bond acceptors (Lipinski definition) is 1. The van der Waals surface area contributed by atoms with Gasteiger partial charge < -0.3 is 5.73 Å². The van der Waals surface area contributed by atoms with Crippen LogP contribution in [0.25, 0.3) is 0 Å². The fraction of sp³-hybridized carbons (Fsp3) is 0.333.